The standard InChI is InChI=1S/C20H25NO3S/c1-16-14-19(11-12-20(16)24-2)25(22,23)21-13-7-6-10-18(15-21)17-8-4-3-5-9-17/h3-5,8-9,11-12,14,18H,6-7,10,13,15H2,1-2H3. The number of sulfonamides is 1. The summed E-state index contributed by atoms with van der Waals surface area (Å²) < 4.78 is 33.2. The Labute approximate surface area is 150 Å². The second kappa shape index (κ2) is 7.58. The Morgan fingerprint density at radius 3 is 2.52 bits per heavy atom. The van der Waals surface area contributed by atoms with Gasteiger partial charge in [0.25, 0.3) is 0 Å². The van der Waals surface area contributed by atoms with Gasteiger partial charge in [0.1, 0.15) is 5.75 Å². The lowest BCUT2D eigenvalue weighted by atomic mass is 9.95. The van der Waals surface area contributed by atoms with E-state index in [2.05, 4.69) is 12.1 Å². The highest BCUT2D eigenvalue weighted by molar-refractivity contribution is 7.89. The Morgan fingerprint density at radius 1 is 1.08 bits per heavy atom. The summed E-state index contributed by atoms with van der Waals surface area (Å²) in [5.41, 5.74) is 2.05. The fraction of sp³-hybridized carbons (Fsp3) is 0.400. The molecule has 25 heavy (non-hydrogen) atoms. The van der Waals surface area contributed by atoms with E-state index in [0.717, 1.165) is 24.8 Å². The Morgan fingerprint density at radius 2 is 1.84 bits per heavy atom. The first-order valence-electron chi connectivity index (χ1n) is 8.72. The van der Waals surface area contributed by atoms with E-state index in [1.807, 2.05) is 25.1 Å². The van der Waals surface area contributed by atoms with Crippen LogP contribution in [0.1, 0.15) is 36.3 Å². The van der Waals surface area contributed by atoms with Crippen molar-refractivity contribution in [1.29, 1.82) is 0 Å². The molecular formula is C20H25NO3S. The maximum Gasteiger partial charge on any atom is 0.243 e. The quantitative estimate of drug-likeness (QED) is 0.830. The lowest BCUT2D eigenvalue weighted by molar-refractivity contribution is 0.404. The van der Waals surface area contributed by atoms with Crippen molar-refractivity contribution in [2.45, 2.75) is 37.0 Å². The summed E-state index contributed by atoms with van der Waals surface area (Å²) in [6.07, 6.45) is 2.97. The molecule has 2 aromatic carbocycles. The molecule has 0 radical (unpaired) electrons. The second-order valence-corrected chi connectivity index (χ2v) is 8.54. The maximum absolute atomic E-state index is 13.2. The minimum absolute atomic E-state index is 0.248. The molecule has 5 heteroatoms. The van der Waals surface area contributed by atoms with Gasteiger partial charge in [0, 0.05) is 13.1 Å². The van der Waals surface area contributed by atoms with Crippen molar-refractivity contribution in [1.82, 2.24) is 4.31 Å². The van der Waals surface area contributed by atoms with Crippen LogP contribution in [-0.4, -0.2) is 32.9 Å². The van der Waals surface area contributed by atoms with E-state index in [4.69, 9.17) is 4.74 Å². The number of ether oxygens (including phenoxy) is 1. The molecule has 2 aromatic rings. The molecule has 4 nitrogen and oxygen atoms in total. The molecule has 0 amide bonds. The average Bonchev–Trinajstić information content (AvgIpc) is 2.89. The topological polar surface area (TPSA) is 46.6 Å². The highest BCUT2D eigenvalue weighted by Gasteiger charge is 2.29. The zero-order valence-corrected chi connectivity index (χ0v) is 15.6. The van der Waals surface area contributed by atoms with Crippen LogP contribution in [0.3, 0.4) is 0 Å². The fourth-order valence-corrected chi connectivity index (χ4v) is 5.09. The molecule has 1 atom stereocenters. The molecule has 1 fully saturated rings. The number of aryl methyl sites for hydroxylation is 1. The van der Waals surface area contributed by atoms with Crippen LogP contribution in [0.15, 0.2) is 53.4 Å². The number of hydrogen-bond donors (Lipinski definition) is 0. The van der Waals surface area contributed by atoms with Gasteiger partial charge >= 0.3 is 0 Å². The SMILES string of the molecule is COc1ccc(S(=O)(=O)N2CCCCC(c3ccccc3)C2)cc1C. The van der Waals surface area contributed by atoms with E-state index in [-0.39, 0.29) is 5.92 Å². The van der Waals surface area contributed by atoms with E-state index in [1.54, 1.807) is 29.6 Å². The molecule has 1 heterocycles. The van der Waals surface area contributed by atoms with Gasteiger partial charge in [0.05, 0.1) is 12.0 Å². The summed E-state index contributed by atoms with van der Waals surface area (Å²) in [5.74, 6) is 0.954. The molecule has 1 unspecified atom stereocenters. The summed E-state index contributed by atoms with van der Waals surface area (Å²) >= 11 is 0. The van der Waals surface area contributed by atoms with E-state index < -0.39 is 10.0 Å². The molecule has 0 saturated carbocycles. The lowest BCUT2D eigenvalue weighted by Gasteiger charge is -2.24. The van der Waals surface area contributed by atoms with Crippen LogP contribution in [0.25, 0.3) is 0 Å². The van der Waals surface area contributed by atoms with Crippen molar-refractivity contribution in [2.75, 3.05) is 20.2 Å². The lowest BCUT2D eigenvalue weighted by Crippen LogP contribution is -2.34. The van der Waals surface area contributed by atoms with Crippen LogP contribution < -0.4 is 4.74 Å². The van der Waals surface area contributed by atoms with Crippen LogP contribution >= 0.6 is 0 Å². The molecular weight excluding hydrogens is 334 g/mol. The molecule has 0 bridgehead atoms. The first kappa shape index (κ1) is 18.0. The monoisotopic (exact) mass is 359 g/mol. The van der Waals surface area contributed by atoms with E-state index >= 15 is 0 Å². The Bertz CT molecular complexity index is 818. The third-order valence-corrected chi connectivity index (χ3v) is 6.77. The summed E-state index contributed by atoms with van der Waals surface area (Å²) in [6, 6.07) is 15.3. The normalized spacial score (nSPS) is 19.4. The van der Waals surface area contributed by atoms with E-state index in [1.165, 1.54) is 5.56 Å². The first-order valence-corrected chi connectivity index (χ1v) is 10.2. The molecule has 1 saturated heterocycles. The summed E-state index contributed by atoms with van der Waals surface area (Å²) in [7, 11) is -1.90. The number of nitrogens with zero attached hydrogens (tertiary/aromatic N) is 1. The third kappa shape index (κ3) is 3.88. The maximum atomic E-state index is 13.2. The largest absolute Gasteiger partial charge is 0.496 e. The molecule has 1 aliphatic heterocycles. The highest BCUT2D eigenvalue weighted by atomic mass is 32.2. The number of methoxy groups -OCH3 is 1. The predicted octanol–water partition coefficient (Wildman–Crippen LogP) is 3.96. The van der Waals surface area contributed by atoms with Crippen molar-refractivity contribution in [2.24, 2.45) is 0 Å². The molecule has 0 aromatic heterocycles. The summed E-state index contributed by atoms with van der Waals surface area (Å²) in [6.45, 7) is 2.99. The molecule has 0 spiro atoms. The van der Waals surface area contributed by atoms with Gasteiger partial charge in [-0.2, -0.15) is 4.31 Å². The van der Waals surface area contributed by atoms with E-state index in [0.29, 0.717) is 23.7 Å². The van der Waals surface area contributed by atoms with Gasteiger partial charge in [-0.25, -0.2) is 8.42 Å². The van der Waals surface area contributed by atoms with Crippen LogP contribution in [0.5, 0.6) is 5.75 Å². The Balaban J connectivity index is 1.89. The minimum atomic E-state index is -3.50. The van der Waals surface area contributed by atoms with Gasteiger partial charge in [-0.15, -0.1) is 0 Å². The molecule has 1 aliphatic rings. The van der Waals surface area contributed by atoms with Crippen LogP contribution in [0, 0.1) is 6.92 Å². The van der Waals surface area contributed by atoms with E-state index in [9.17, 15) is 8.42 Å². The third-order valence-electron chi connectivity index (χ3n) is 4.91. The summed E-state index contributed by atoms with van der Waals surface area (Å²) in [4.78, 5) is 0.347. The van der Waals surface area contributed by atoms with Crippen molar-refractivity contribution in [3.8, 4) is 5.75 Å². The van der Waals surface area contributed by atoms with Crippen LogP contribution in [0.4, 0.5) is 0 Å². The zero-order chi connectivity index (χ0) is 17.9. The van der Waals surface area contributed by atoms with Gasteiger partial charge in [-0.3, -0.25) is 0 Å². The van der Waals surface area contributed by atoms with Crippen LogP contribution in [-0.2, 0) is 10.0 Å². The second-order valence-electron chi connectivity index (χ2n) is 6.60. The smallest absolute Gasteiger partial charge is 0.243 e. The number of hydrogen-bond acceptors (Lipinski definition) is 3. The van der Waals surface area contributed by atoms with Crippen molar-refractivity contribution in [3.63, 3.8) is 0 Å². The molecule has 0 N–H and O–H groups in total. The minimum Gasteiger partial charge on any atom is -0.496 e. The van der Waals surface area contributed by atoms with Gasteiger partial charge in [-0.05, 0) is 55.0 Å². The van der Waals surface area contributed by atoms with Crippen molar-refractivity contribution in [3.05, 3.63) is 59.7 Å². The highest BCUT2D eigenvalue weighted by Crippen LogP contribution is 2.30. The van der Waals surface area contributed by atoms with Gasteiger partial charge in [0.15, 0.2) is 0 Å². The van der Waals surface area contributed by atoms with Crippen LogP contribution in [0.2, 0.25) is 0 Å². The molecule has 3 rings (SSSR count). The summed E-state index contributed by atoms with van der Waals surface area (Å²) in [5, 5.41) is 0. The molecule has 0 aliphatic carbocycles. The average molecular weight is 359 g/mol. The Hall–Kier alpha value is -1.85. The van der Waals surface area contributed by atoms with Crippen molar-refractivity contribution < 1.29 is 13.2 Å². The van der Waals surface area contributed by atoms with Gasteiger partial charge in [-0.1, -0.05) is 36.8 Å². The Kier molecular flexibility index (Phi) is 5.45. The fourth-order valence-electron chi connectivity index (χ4n) is 3.48. The molecule has 134 valence electrons. The first-order chi connectivity index (χ1) is 12.0. The zero-order valence-electron chi connectivity index (χ0n) is 14.8. The van der Waals surface area contributed by atoms with Crippen molar-refractivity contribution >= 4 is 10.0 Å². The van der Waals surface area contributed by atoms with Gasteiger partial charge < -0.3 is 4.74 Å². The number of rotatable bonds is 4. The predicted molar refractivity (Wildman–Crippen MR) is 99.5 cm³/mol. The number of benzene rings is 2. The van der Waals surface area contributed by atoms with Gasteiger partial charge in [0.2, 0.25) is 10.0 Å².